The summed E-state index contributed by atoms with van der Waals surface area (Å²) in [6.45, 7) is 0.135. The molecule has 9 heteroatoms. The minimum atomic E-state index is -3.74. The number of nitrogens with one attached hydrogen (secondary N) is 1. The summed E-state index contributed by atoms with van der Waals surface area (Å²) in [5, 5.41) is 12.2. The lowest BCUT2D eigenvalue weighted by molar-refractivity contribution is -0.384. The fourth-order valence-electron chi connectivity index (χ4n) is 2.14. The molecule has 0 aliphatic rings. The summed E-state index contributed by atoms with van der Waals surface area (Å²) in [6.07, 6.45) is 0. The number of nitrogens with zero attached hydrogens (tertiary/aromatic N) is 1. The first-order valence-electron chi connectivity index (χ1n) is 6.77. The van der Waals surface area contributed by atoms with Crippen molar-refractivity contribution in [3.63, 3.8) is 0 Å². The lowest BCUT2D eigenvalue weighted by atomic mass is 10.2. The number of nitro benzene ring substituents is 1. The summed E-state index contributed by atoms with van der Waals surface area (Å²) in [5.41, 5.74) is -0.157. The molecule has 1 N–H and O–H groups in total. The minimum absolute atomic E-state index is 0.0164. The third-order valence-electron chi connectivity index (χ3n) is 3.33. The highest BCUT2D eigenvalue weighted by Gasteiger charge is 2.16. The maximum Gasteiger partial charge on any atom is 0.269 e. The van der Waals surface area contributed by atoms with Gasteiger partial charge in [0.2, 0.25) is 10.0 Å². The van der Waals surface area contributed by atoms with Gasteiger partial charge in [-0.25, -0.2) is 13.1 Å². The molecule has 1 aromatic heterocycles. The Labute approximate surface area is 146 Å². The van der Waals surface area contributed by atoms with Crippen LogP contribution in [0.15, 0.2) is 53.4 Å². The number of halogens is 1. The number of sulfonamides is 1. The van der Waals surface area contributed by atoms with E-state index in [1.165, 1.54) is 23.5 Å². The molecule has 0 atom stereocenters. The third-order valence-corrected chi connectivity index (χ3v) is 6.08. The van der Waals surface area contributed by atoms with Gasteiger partial charge >= 0.3 is 0 Å². The van der Waals surface area contributed by atoms with Gasteiger partial charge in [0.05, 0.1) is 9.82 Å². The number of hydrogen-bond acceptors (Lipinski definition) is 5. The molecule has 0 aliphatic carbocycles. The van der Waals surface area contributed by atoms with E-state index < -0.39 is 14.9 Å². The molecule has 3 rings (SSSR count). The van der Waals surface area contributed by atoms with Crippen molar-refractivity contribution >= 4 is 48.7 Å². The second kappa shape index (κ2) is 6.48. The summed E-state index contributed by atoms with van der Waals surface area (Å²) in [5.74, 6) is 0. The first-order valence-corrected chi connectivity index (χ1v) is 9.45. The molecule has 0 saturated carbocycles. The number of nitro groups is 1. The van der Waals surface area contributed by atoms with E-state index in [1.807, 2.05) is 18.2 Å². The molecule has 0 spiro atoms. The Balaban J connectivity index is 1.77. The molecule has 0 aliphatic heterocycles. The maximum absolute atomic E-state index is 12.3. The number of thiophene rings is 1. The quantitative estimate of drug-likeness (QED) is 0.534. The van der Waals surface area contributed by atoms with Crippen LogP contribution in [0.1, 0.15) is 4.88 Å². The van der Waals surface area contributed by atoms with Gasteiger partial charge in [-0.05, 0) is 35.7 Å². The Morgan fingerprint density at radius 1 is 1.12 bits per heavy atom. The smallest absolute Gasteiger partial charge is 0.258 e. The molecular formula is C15H11ClN2O4S2. The zero-order valence-corrected chi connectivity index (χ0v) is 14.5. The van der Waals surface area contributed by atoms with Gasteiger partial charge in [0.1, 0.15) is 0 Å². The summed E-state index contributed by atoms with van der Waals surface area (Å²) in [4.78, 5) is 10.9. The van der Waals surface area contributed by atoms with Crippen LogP contribution in [0.2, 0.25) is 5.02 Å². The Bertz CT molecular complexity index is 1010. The van der Waals surface area contributed by atoms with Crippen molar-refractivity contribution in [1.82, 2.24) is 4.72 Å². The van der Waals surface area contributed by atoms with Gasteiger partial charge in [0, 0.05) is 33.3 Å². The van der Waals surface area contributed by atoms with E-state index in [9.17, 15) is 18.5 Å². The van der Waals surface area contributed by atoms with E-state index in [4.69, 9.17) is 11.6 Å². The van der Waals surface area contributed by atoms with E-state index in [1.54, 1.807) is 6.07 Å². The van der Waals surface area contributed by atoms with Crippen LogP contribution in [-0.2, 0) is 16.6 Å². The SMILES string of the molecule is O=[N+]([O-])c1ccc(S(=O)(=O)NCc2cc3ccc(Cl)cc3s2)cc1. The summed E-state index contributed by atoms with van der Waals surface area (Å²) >= 11 is 7.39. The fraction of sp³-hybridized carbons (Fsp3) is 0.0667. The lowest BCUT2D eigenvalue weighted by Crippen LogP contribution is -2.22. The predicted octanol–water partition coefficient (Wildman–Crippen LogP) is 3.94. The minimum Gasteiger partial charge on any atom is -0.258 e. The number of non-ortho nitro benzene ring substituents is 1. The van der Waals surface area contributed by atoms with Crippen LogP contribution in [0.5, 0.6) is 0 Å². The first kappa shape index (κ1) is 16.8. The average Bonchev–Trinajstić information content (AvgIpc) is 2.95. The highest BCUT2D eigenvalue weighted by Crippen LogP contribution is 2.28. The van der Waals surface area contributed by atoms with Crippen molar-refractivity contribution in [3.05, 3.63) is 68.5 Å². The van der Waals surface area contributed by atoms with Crippen LogP contribution in [0.4, 0.5) is 5.69 Å². The van der Waals surface area contributed by atoms with Gasteiger partial charge in [0.15, 0.2) is 0 Å². The Morgan fingerprint density at radius 3 is 2.50 bits per heavy atom. The van der Waals surface area contributed by atoms with Crippen LogP contribution >= 0.6 is 22.9 Å². The molecule has 24 heavy (non-hydrogen) atoms. The zero-order valence-electron chi connectivity index (χ0n) is 12.1. The molecule has 0 fully saturated rings. The summed E-state index contributed by atoms with van der Waals surface area (Å²) < 4.78 is 28.0. The molecular weight excluding hydrogens is 372 g/mol. The number of rotatable bonds is 5. The second-order valence-corrected chi connectivity index (χ2v) is 8.34. The zero-order chi connectivity index (χ0) is 17.3. The largest absolute Gasteiger partial charge is 0.269 e. The molecule has 0 bridgehead atoms. The number of hydrogen-bond donors (Lipinski definition) is 1. The van der Waals surface area contributed by atoms with Gasteiger partial charge in [0.25, 0.3) is 5.69 Å². The van der Waals surface area contributed by atoms with Crippen LogP contribution < -0.4 is 4.72 Å². The van der Waals surface area contributed by atoms with Gasteiger partial charge in [-0.1, -0.05) is 17.7 Å². The standard InChI is InChI=1S/C15H11ClN2O4S2/c16-11-2-1-10-7-13(23-15(10)8-11)9-17-24(21,22)14-5-3-12(4-6-14)18(19)20/h1-8,17H,9H2. The van der Waals surface area contributed by atoms with Gasteiger partial charge < -0.3 is 0 Å². The summed E-state index contributed by atoms with van der Waals surface area (Å²) in [7, 11) is -3.74. The van der Waals surface area contributed by atoms with Crippen molar-refractivity contribution in [1.29, 1.82) is 0 Å². The highest BCUT2D eigenvalue weighted by molar-refractivity contribution is 7.89. The Hall–Kier alpha value is -2.00. The molecule has 3 aromatic rings. The van der Waals surface area contributed by atoms with E-state index in [2.05, 4.69) is 4.72 Å². The van der Waals surface area contributed by atoms with Crippen LogP contribution in [0, 0.1) is 10.1 Å². The lowest BCUT2D eigenvalue weighted by Gasteiger charge is -2.05. The topological polar surface area (TPSA) is 89.3 Å². The highest BCUT2D eigenvalue weighted by atomic mass is 35.5. The number of benzene rings is 2. The van der Waals surface area contributed by atoms with Crippen LogP contribution in [0.3, 0.4) is 0 Å². The van der Waals surface area contributed by atoms with Crippen LogP contribution in [-0.4, -0.2) is 13.3 Å². The van der Waals surface area contributed by atoms with Gasteiger partial charge in [-0.15, -0.1) is 11.3 Å². The van der Waals surface area contributed by atoms with Gasteiger partial charge in [-0.2, -0.15) is 0 Å². The Kier molecular flexibility index (Phi) is 4.55. The number of fused-ring (bicyclic) bond motifs is 1. The molecule has 0 radical (unpaired) electrons. The maximum atomic E-state index is 12.3. The van der Waals surface area contributed by atoms with E-state index in [-0.39, 0.29) is 17.1 Å². The van der Waals surface area contributed by atoms with E-state index in [0.29, 0.717) is 5.02 Å². The Morgan fingerprint density at radius 2 is 1.83 bits per heavy atom. The van der Waals surface area contributed by atoms with Crippen molar-refractivity contribution in [3.8, 4) is 0 Å². The molecule has 0 saturated heterocycles. The third kappa shape index (κ3) is 3.57. The molecule has 6 nitrogen and oxygen atoms in total. The summed E-state index contributed by atoms with van der Waals surface area (Å²) in [6, 6.07) is 12.1. The second-order valence-electron chi connectivity index (χ2n) is 4.97. The monoisotopic (exact) mass is 382 g/mol. The molecule has 2 aromatic carbocycles. The molecule has 0 unspecified atom stereocenters. The average molecular weight is 383 g/mol. The van der Waals surface area contributed by atoms with E-state index >= 15 is 0 Å². The molecule has 124 valence electrons. The normalized spacial score (nSPS) is 11.7. The van der Waals surface area contributed by atoms with Gasteiger partial charge in [-0.3, -0.25) is 10.1 Å². The van der Waals surface area contributed by atoms with E-state index in [0.717, 1.165) is 27.1 Å². The fourth-order valence-corrected chi connectivity index (χ4v) is 4.52. The van der Waals surface area contributed by atoms with Crippen molar-refractivity contribution in [2.45, 2.75) is 11.4 Å². The molecule has 0 amide bonds. The predicted molar refractivity (Wildman–Crippen MR) is 94.0 cm³/mol. The van der Waals surface area contributed by atoms with Crippen molar-refractivity contribution < 1.29 is 13.3 Å². The first-order chi connectivity index (χ1) is 11.3. The van der Waals surface area contributed by atoms with Crippen LogP contribution in [0.25, 0.3) is 10.1 Å². The molecule has 1 heterocycles. The van der Waals surface area contributed by atoms with Crippen molar-refractivity contribution in [2.24, 2.45) is 0 Å². The van der Waals surface area contributed by atoms with Crippen molar-refractivity contribution in [2.75, 3.05) is 0 Å².